The Morgan fingerprint density at radius 2 is 1.66 bits per heavy atom. The molecule has 0 saturated heterocycles. The Hall–Kier alpha value is -4.00. The minimum atomic E-state index is -0.581. The van der Waals surface area contributed by atoms with Crippen LogP contribution in [-0.4, -0.2) is 24.0 Å². The Balaban J connectivity index is 1.81. The number of methoxy groups -OCH3 is 1. The van der Waals surface area contributed by atoms with Gasteiger partial charge in [-0.3, -0.25) is 9.59 Å². The summed E-state index contributed by atoms with van der Waals surface area (Å²) in [5.41, 5.74) is 0.743. The Morgan fingerprint density at radius 1 is 0.966 bits per heavy atom. The first-order chi connectivity index (χ1) is 14.0. The van der Waals surface area contributed by atoms with Gasteiger partial charge in [0.25, 0.3) is 5.91 Å². The monoisotopic (exact) mass is 390 g/mol. The Morgan fingerprint density at radius 3 is 2.41 bits per heavy atom. The summed E-state index contributed by atoms with van der Waals surface area (Å²) >= 11 is 0. The molecule has 3 aromatic carbocycles. The average Bonchev–Trinajstić information content (AvgIpc) is 2.74. The summed E-state index contributed by atoms with van der Waals surface area (Å²) in [4.78, 5) is 40.2. The molecule has 1 amide bonds. The van der Waals surface area contributed by atoms with Crippen LogP contribution in [0.5, 0.6) is 0 Å². The van der Waals surface area contributed by atoms with Crippen molar-refractivity contribution in [2.75, 3.05) is 12.4 Å². The summed E-state index contributed by atoms with van der Waals surface area (Å²) in [7, 11) is 1.27. The zero-order chi connectivity index (χ0) is 20.5. The van der Waals surface area contributed by atoms with Gasteiger partial charge in [0.2, 0.25) is 0 Å². The van der Waals surface area contributed by atoms with Crippen LogP contribution >= 0.6 is 0 Å². The molecule has 0 saturated carbocycles. The first-order valence-electron chi connectivity index (χ1n) is 8.72. The van der Waals surface area contributed by atoms with E-state index in [1.54, 1.807) is 30.3 Å². The minimum Gasteiger partial charge on any atom is -0.465 e. The van der Waals surface area contributed by atoms with Gasteiger partial charge in [-0.25, -0.2) is 9.18 Å². The molecule has 4 rings (SSSR count). The van der Waals surface area contributed by atoms with E-state index in [1.807, 2.05) is 0 Å². The minimum absolute atomic E-state index is 0.0398. The molecule has 0 atom stereocenters. The number of pyridine rings is 1. The van der Waals surface area contributed by atoms with Gasteiger partial charge in [-0.15, -0.1) is 0 Å². The number of H-pyrrole nitrogens is 1. The molecule has 0 fully saturated rings. The second-order valence-corrected chi connectivity index (χ2v) is 6.37. The number of nitrogens with one attached hydrogen (secondary N) is 2. The van der Waals surface area contributed by atoms with Crippen molar-refractivity contribution in [2.24, 2.45) is 0 Å². The van der Waals surface area contributed by atoms with Crippen molar-refractivity contribution in [2.45, 2.75) is 0 Å². The smallest absolute Gasteiger partial charge is 0.337 e. The van der Waals surface area contributed by atoms with Crippen LogP contribution in [0.4, 0.5) is 10.1 Å². The highest BCUT2D eigenvalue weighted by atomic mass is 19.1. The number of benzene rings is 3. The number of aromatic amines is 1. The van der Waals surface area contributed by atoms with Gasteiger partial charge in [0.05, 0.1) is 29.3 Å². The molecule has 2 N–H and O–H groups in total. The van der Waals surface area contributed by atoms with Crippen molar-refractivity contribution in [1.82, 2.24) is 4.98 Å². The SMILES string of the molecule is COC(=O)c1cccc(NC(=O)c2cccc3c(=O)c4cccc(F)c4[nH]c23)c1. The molecule has 29 heavy (non-hydrogen) atoms. The highest BCUT2D eigenvalue weighted by Crippen LogP contribution is 2.21. The molecule has 0 unspecified atom stereocenters. The predicted molar refractivity (Wildman–Crippen MR) is 108 cm³/mol. The van der Waals surface area contributed by atoms with Crippen LogP contribution in [0.15, 0.2) is 65.5 Å². The number of halogens is 1. The van der Waals surface area contributed by atoms with E-state index in [0.29, 0.717) is 5.69 Å². The number of fused-ring (bicyclic) bond motifs is 2. The van der Waals surface area contributed by atoms with E-state index in [2.05, 4.69) is 15.0 Å². The molecule has 0 bridgehead atoms. The number of amides is 1. The molecule has 1 aromatic heterocycles. The van der Waals surface area contributed by atoms with Gasteiger partial charge in [0.15, 0.2) is 5.43 Å². The number of hydrogen-bond donors (Lipinski definition) is 2. The fourth-order valence-electron chi connectivity index (χ4n) is 3.22. The summed E-state index contributed by atoms with van der Waals surface area (Å²) in [5, 5.41) is 3.18. The number of carbonyl (C=O) groups is 2. The second kappa shape index (κ2) is 7.20. The molecular weight excluding hydrogens is 375 g/mol. The zero-order valence-electron chi connectivity index (χ0n) is 15.3. The van der Waals surface area contributed by atoms with Crippen molar-refractivity contribution in [3.8, 4) is 0 Å². The summed E-state index contributed by atoms with van der Waals surface area (Å²) in [6.45, 7) is 0. The van der Waals surface area contributed by atoms with E-state index in [0.717, 1.165) is 0 Å². The van der Waals surface area contributed by atoms with Gasteiger partial charge in [-0.1, -0.05) is 18.2 Å². The standard InChI is InChI=1S/C22H15FN2O4/c1-29-22(28)12-5-2-6-13(11-12)24-21(27)16-9-3-7-14-18(16)25-19-15(20(14)26)8-4-10-17(19)23/h2-11H,1H3,(H,24,27)(H,25,26). The van der Waals surface area contributed by atoms with E-state index in [4.69, 9.17) is 0 Å². The molecule has 0 aliphatic rings. The van der Waals surface area contributed by atoms with Crippen molar-refractivity contribution in [3.05, 3.63) is 87.8 Å². The molecule has 6 nitrogen and oxygen atoms in total. The van der Waals surface area contributed by atoms with E-state index in [1.165, 1.54) is 37.4 Å². The third kappa shape index (κ3) is 3.23. The number of rotatable bonds is 3. The molecule has 0 radical (unpaired) electrons. The van der Waals surface area contributed by atoms with E-state index in [-0.39, 0.29) is 38.4 Å². The van der Waals surface area contributed by atoms with Crippen molar-refractivity contribution >= 4 is 39.4 Å². The fourth-order valence-corrected chi connectivity index (χ4v) is 3.22. The largest absolute Gasteiger partial charge is 0.465 e. The van der Waals surface area contributed by atoms with Crippen LogP contribution in [0.3, 0.4) is 0 Å². The predicted octanol–water partition coefficient (Wildman–Crippen LogP) is 3.86. The lowest BCUT2D eigenvalue weighted by atomic mass is 10.1. The van der Waals surface area contributed by atoms with Gasteiger partial charge in [-0.2, -0.15) is 0 Å². The van der Waals surface area contributed by atoms with E-state index in [9.17, 15) is 18.8 Å². The molecule has 7 heteroatoms. The van der Waals surface area contributed by atoms with Gasteiger partial charge in [-0.05, 0) is 42.5 Å². The summed E-state index contributed by atoms with van der Waals surface area (Å²) < 4.78 is 18.9. The lowest BCUT2D eigenvalue weighted by molar-refractivity contribution is 0.0600. The van der Waals surface area contributed by atoms with Gasteiger partial charge >= 0.3 is 5.97 Å². The number of carbonyl (C=O) groups excluding carboxylic acids is 2. The molecule has 4 aromatic rings. The lowest BCUT2D eigenvalue weighted by Gasteiger charge is -2.10. The van der Waals surface area contributed by atoms with Crippen LogP contribution in [0.25, 0.3) is 21.8 Å². The number of anilines is 1. The number of ether oxygens (including phenoxy) is 1. The third-order valence-electron chi connectivity index (χ3n) is 4.60. The Bertz CT molecular complexity index is 1340. The first kappa shape index (κ1) is 18.4. The number of hydrogen-bond acceptors (Lipinski definition) is 4. The zero-order valence-corrected chi connectivity index (χ0v) is 15.3. The average molecular weight is 390 g/mol. The fraction of sp³-hybridized carbons (Fsp3) is 0.0455. The summed E-state index contributed by atoms with van der Waals surface area (Å²) in [6.07, 6.45) is 0. The molecule has 144 valence electrons. The van der Waals surface area contributed by atoms with Crippen molar-refractivity contribution in [3.63, 3.8) is 0 Å². The summed E-state index contributed by atoms with van der Waals surface area (Å²) in [6, 6.07) is 15.2. The Kier molecular flexibility index (Phi) is 4.56. The van der Waals surface area contributed by atoms with Gasteiger partial charge in [0, 0.05) is 16.5 Å². The highest BCUT2D eigenvalue weighted by molar-refractivity contribution is 6.13. The second-order valence-electron chi connectivity index (χ2n) is 6.37. The van der Waals surface area contributed by atoms with Crippen LogP contribution in [0, 0.1) is 5.82 Å². The van der Waals surface area contributed by atoms with Crippen LogP contribution < -0.4 is 10.7 Å². The molecule has 0 aliphatic heterocycles. The van der Waals surface area contributed by atoms with Crippen LogP contribution in [-0.2, 0) is 4.74 Å². The molecule has 1 heterocycles. The normalized spacial score (nSPS) is 10.8. The summed E-state index contributed by atoms with van der Waals surface area (Å²) in [5.74, 6) is -1.62. The number of esters is 1. The van der Waals surface area contributed by atoms with E-state index < -0.39 is 17.7 Å². The Labute approximate surface area is 163 Å². The topological polar surface area (TPSA) is 88.3 Å². The maximum atomic E-state index is 14.2. The quantitative estimate of drug-likeness (QED) is 0.411. The van der Waals surface area contributed by atoms with Gasteiger partial charge < -0.3 is 15.0 Å². The van der Waals surface area contributed by atoms with Crippen LogP contribution in [0.1, 0.15) is 20.7 Å². The highest BCUT2D eigenvalue weighted by Gasteiger charge is 2.16. The molecule has 0 aliphatic carbocycles. The molecule has 0 spiro atoms. The van der Waals surface area contributed by atoms with Crippen molar-refractivity contribution in [1.29, 1.82) is 0 Å². The van der Waals surface area contributed by atoms with Crippen LogP contribution in [0.2, 0.25) is 0 Å². The maximum Gasteiger partial charge on any atom is 0.337 e. The number of para-hydroxylation sites is 2. The van der Waals surface area contributed by atoms with E-state index >= 15 is 0 Å². The van der Waals surface area contributed by atoms with Crippen molar-refractivity contribution < 1.29 is 18.7 Å². The first-order valence-corrected chi connectivity index (χ1v) is 8.72. The van der Waals surface area contributed by atoms with Gasteiger partial charge in [0.1, 0.15) is 5.82 Å². The molecular formula is C22H15FN2O4. The maximum absolute atomic E-state index is 14.2. The lowest BCUT2D eigenvalue weighted by Crippen LogP contribution is -2.15. The third-order valence-corrected chi connectivity index (χ3v) is 4.60. The number of aromatic nitrogens is 1.